The van der Waals surface area contributed by atoms with Gasteiger partial charge in [-0.2, -0.15) is 0 Å². The Bertz CT molecular complexity index is 849. The number of ether oxygens (including phenoxy) is 1. The summed E-state index contributed by atoms with van der Waals surface area (Å²) in [7, 11) is 0. The van der Waals surface area contributed by atoms with E-state index in [4.69, 9.17) is 4.74 Å². The van der Waals surface area contributed by atoms with Gasteiger partial charge < -0.3 is 20.3 Å². The molecule has 27 heavy (non-hydrogen) atoms. The molecule has 1 saturated heterocycles. The van der Waals surface area contributed by atoms with Gasteiger partial charge in [0, 0.05) is 43.5 Å². The van der Waals surface area contributed by atoms with Crippen molar-refractivity contribution in [2.75, 3.05) is 36.5 Å². The SMILES string of the molecule is O=C1CC(C(=O)NCc2cccnc2N2CCOCC2)c2ccccc2N1. The van der Waals surface area contributed by atoms with E-state index in [2.05, 4.69) is 20.5 Å². The summed E-state index contributed by atoms with van der Waals surface area (Å²) in [5, 5.41) is 5.82. The van der Waals surface area contributed by atoms with Crippen LogP contribution < -0.4 is 15.5 Å². The lowest BCUT2D eigenvalue weighted by Gasteiger charge is -2.29. The number of pyridine rings is 1. The topological polar surface area (TPSA) is 83.6 Å². The number of fused-ring (bicyclic) bond motifs is 1. The van der Waals surface area contributed by atoms with Crippen molar-refractivity contribution in [3.8, 4) is 0 Å². The van der Waals surface area contributed by atoms with E-state index < -0.39 is 5.92 Å². The Kier molecular flexibility index (Phi) is 5.02. The Hall–Kier alpha value is -2.93. The fourth-order valence-corrected chi connectivity index (χ4v) is 3.58. The average molecular weight is 366 g/mol. The van der Waals surface area contributed by atoms with Gasteiger partial charge in [0.15, 0.2) is 0 Å². The highest BCUT2D eigenvalue weighted by molar-refractivity contribution is 6.01. The molecule has 4 rings (SSSR count). The van der Waals surface area contributed by atoms with Crippen LogP contribution in [0.4, 0.5) is 11.5 Å². The number of amides is 2. The maximum absolute atomic E-state index is 12.8. The summed E-state index contributed by atoms with van der Waals surface area (Å²) < 4.78 is 5.40. The number of rotatable bonds is 4. The van der Waals surface area contributed by atoms with E-state index in [-0.39, 0.29) is 18.2 Å². The molecule has 1 fully saturated rings. The smallest absolute Gasteiger partial charge is 0.228 e. The van der Waals surface area contributed by atoms with Crippen LogP contribution in [0.25, 0.3) is 0 Å². The Morgan fingerprint density at radius 1 is 1.22 bits per heavy atom. The highest BCUT2D eigenvalue weighted by atomic mass is 16.5. The van der Waals surface area contributed by atoms with E-state index in [1.54, 1.807) is 6.20 Å². The molecule has 1 aromatic heterocycles. The molecule has 1 unspecified atom stereocenters. The molecular formula is C20H22N4O3. The molecule has 0 radical (unpaired) electrons. The van der Waals surface area contributed by atoms with Gasteiger partial charge in [-0.1, -0.05) is 24.3 Å². The van der Waals surface area contributed by atoms with Gasteiger partial charge in [-0.25, -0.2) is 4.98 Å². The predicted octanol–water partition coefficient (Wildman–Crippen LogP) is 1.66. The van der Waals surface area contributed by atoms with Crippen LogP contribution in [-0.2, 0) is 20.9 Å². The number of para-hydroxylation sites is 1. The molecular weight excluding hydrogens is 344 g/mol. The minimum atomic E-state index is -0.474. The van der Waals surface area contributed by atoms with Crippen molar-refractivity contribution in [2.45, 2.75) is 18.9 Å². The van der Waals surface area contributed by atoms with Crippen LogP contribution in [-0.4, -0.2) is 43.1 Å². The minimum absolute atomic E-state index is 0.135. The first-order valence-electron chi connectivity index (χ1n) is 9.15. The largest absolute Gasteiger partial charge is 0.378 e. The summed E-state index contributed by atoms with van der Waals surface area (Å²) in [6, 6.07) is 11.3. The fraction of sp³-hybridized carbons (Fsp3) is 0.350. The molecule has 1 aromatic carbocycles. The van der Waals surface area contributed by atoms with Gasteiger partial charge in [0.2, 0.25) is 11.8 Å². The van der Waals surface area contributed by atoms with Gasteiger partial charge in [-0.15, -0.1) is 0 Å². The van der Waals surface area contributed by atoms with Crippen molar-refractivity contribution in [3.63, 3.8) is 0 Å². The number of nitrogens with one attached hydrogen (secondary N) is 2. The van der Waals surface area contributed by atoms with E-state index >= 15 is 0 Å². The number of carbonyl (C=O) groups excluding carboxylic acids is 2. The summed E-state index contributed by atoms with van der Waals surface area (Å²) in [5.41, 5.74) is 2.53. The zero-order valence-corrected chi connectivity index (χ0v) is 15.0. The van der Waals surface area contributed by atoms with Crippen LogP contribution in [0, 0.1) is 0 Å². The molecule has 140 valence electrons. The average Bonchev–Trinajstić information content (AvgIpc) is 2.72. The molecule has 0 saturated carbocycles. The third-order valence-electron chi connectivity index (χ3n) is 4.95. The standard InChI is InChI=1S/C20H22N4O3/c25-18-12-16(15-5-1-2-6-17(15)23-18)20(26)22-13-14-4-3-7-21-19(14)24-8-10-27-11-9-24/h1-7,16H,8-13H2,(H,22,26)(H,23,25). The quantitative estimate of drug-likeness (QED) is 0.860. The van der Waals surface area contributed by atoms with Crippen LogP contribution in [0.15, 0.2) is 42.6 Å². The van der Waals surface area contributed by atoms with Crippen molar-refractivity contribution in [1.29, 1.82) is 0 Å². The highest BCUT2D eigenvalue weighted by Crippen LogP contribution is 2.32. The molecule has 2 amide bonds. The van der Waals surface area contributed by atoms with Crippen LogP contribution in [0.3, 0.4) is 0 Å². The lowest BCUT2D eigenvalue weighted by molar-refractivity contribution is -0.126. The number of benzene rings is 1. The van der Waals surface area contributed by atoms with Crippen molar-refractivity contribution in [3.05, 3.63) is 53.7 Å². The lowest BCUT2D eigenvalue weighted by Crippen LogP contribution is -2.38. The van der Waals surface area contributed by atoms with Crippen LogP contribution in [0.5, 0.6) is 0 Å². The summed E-state index contributed by atoms with van der Waals surface area (Å²) >= 11 is 0. The molecule has 3 heterocycles. The Labute approximate surface area is 157 Å². The zero-order valence-electron chi connectivity index (χ0n) is 15.0. The highest BCUT2D eigenvalue weighted by Gasteiger charge is 2.30. The predicted molar refractivity (Wildman–Crippen MR) is 102 cm³/mol. The molecule has 1 atom stereocenters. The second kappa shape index (κ2) is 7.75. The van der Waals surface area contributed by atoms with Crippen molar-refractivity contribution < 1.29 is 14.3 Å². The minimum Gasteiger partial charge on any atom is -0.378 e. The van der Waals surface area contributed by atoms with Gasteiger partial charge in [0.25, 0.3) is 0 Å². The number of hydrogen-bond donors (Lipinski definition) is 2. The Morgan fingerprint density at radius 3 is 2.89 bits per heavy atom. The number of morpholine rings is 1. The molecule has 7 heteroatoms. The van der Waals surface area contributed by atoms with Crippen molar-refractivity contribution in [2.24, 2.45) is 0 Å². The van der Waals surface area contributed by atoms with Gasteiger partial charge in [0.1, 0.15) is 5.82 Å². The summed E-state index contributed by atoms with van der Waals surface area (Å²) in [5.74, 6) is 0.125. The number of nitrogens with zero attached hydrogens (tertiary/aromatic N) is 2. The van der Waals surface area contributed by atoms with Gasteiger partial charge in [0.05, 0.1) is 19.1 Å². The zero-order chi connectivity index (χ0) is 18.6. The van der Waals surface area contributed by atoms with Gasteiger partial charge in [-0.3, -0.25) is 9.59 Å². The first-order chi connectivity index (χ1) is 13.2. The van der Waals surface area contributed by atoms with Gasteiger partial charge in [-0.05, 0) is 17.7 Å². The van der Waals surface area contributed by atoms with E-state index in [9.17, 15) is 9.59 Å². The number of hydrogen-bond acceptors (Lipinski definition) is 5. The molecule has 2 aliphatic rings. The van der Waals surface area contributed by atoms with Crippen LogP contribution in [0.1, 0.15) is 23.5 Å². The normalized spacial score (nSPS) is 19.2. The first-order valence-corrected chi connectivity index (χ1v) is 9.15. The van der Waals surface area contributed by atoms with Gasteiger partial charge >= 0.3 is 0 Å². The first kappa shape index (κ1) is 17.5. The monoisotopic (exact) mass is 366 g/mol. The maximum atomic E-state index is 12.8. The van der Waals surface area contributed by atoms with E-state index in [0.717, 1.165) is 30.0 Å². The van der Waals surface area contributed by atoms with Crippen LogP contribution in [0.2, 0.25) is 0 Å². The summed E-state index contributed by atoms with van der Waals surface area (Å²) in [6.07, 6.45) is 1.92. The van der Waals surface area contributed by atoms with E-state index in [1.165, 1.54) is 0 Å². The number of anilines is 2. The third-order valence-corrected chi connectivity index (χ3v) is 4.95. The molecule has 0 spiro atoms. The molecule has 2 aliphatic heterocycles. The summed E-state index contributed by atoms with van der Waals surface area (Å²) in [6.45, 7) is 3.30. The van der Waals surface area contributed by atoms with E-state index in [1.807, 2.05) is 36.4 Å². The van der Waals surface area contributed by atoms with Crippen molar-refractivity contribution in [1.82, 2.24) is 10.3 Å². The number of aromatic nitrogens is 1. The Morgan fingerprint density at radius 2 is 2.04 bits per heavy atom. The molecule has 0 bridgehead atoms. The maximum Gasteiger partial charge on any atom is 0.228 e. The van der Waals surface area contributed by atoms with Crippen LogP contribution >= 0.6 is 0 Å². The van der Waals surface area contributed by atoms with E-state index in [0.29, 0.717) is 25.4 Å². The molecule has 7 nitrogen and oxygen atoms in total. The molecule has 0 aliphatic carbocycles. The number of carbonyl (C=O) groups is 2. The second-order valence-corrected chi connectivity index (χ2v) is 6.70. The Balaban J connectivity index is 1.48. The molecule has 2 aromatic rings. The second-order valence-electron chi connectivity index (χ2n) is 6.70. The third kappa shape index (κ3) is 3.78. The molecule has 2 N–H and O–H groups in total. The van der Waals surface area contributed by atoms with Crippen molar-refractivity contribution >= 4 is 23.3 Å². The summed E-state index contributed by atoms with van der Waals surface area (Å²) in [4.78, 5) is 31.4. The lowest BCUT2D eigenvalue weighted by atomic mass is 9.90. The fourth-order valence-electron chi connectivity index (χ4n) is 3.58.